The van der Waals surface area contributed by atoms with E-state index in [0.29, 0.717) is 21.3 Å². The van der Waals surface area contributed by atoms with Gasteiger partial charge in [-0.25, -0.2) is 14.4 Å². The second-order valence-corrected chi connectivity index (χ2v) is 4.93. The van der Waals surface area contributed by atoms with Crippen LogP contribution in [0.15, 0.2) is 46.9 Å². The Morgan fingerprint density at radius 3 is 2.45 bits per heavy atom. The first-order valence-electron chi connectivity index (χ1n) is 5.78. The third-order valence-electron chi connectivity index (χ3n) is 2.66. The van der Waals surface area contributed by atoms with Gasteiger partial charge in [-0.15, -0.1) is 0 Å². The smallest absolute Gasteiger partial charge is 0.263 e. The number of benzene rings is 2. The molecule has 0 fully saturated rings. The van der Waals surface area contributed by atoms with Crippen LogP contribution in [0.5, 0.6) is 11.6 Å². The van der Waals surface area contributed by atoms with E-state index in [2.05, 4.69) is 25.9 Å². The van der Waals surface area contributed by atoms with E-state index < -0.39 is 0 Å². The van der Waals surface area contributed by atoms with E-state index in [9.17, 15) is 4.39 Å². The molecule has 0 spiro atoms. The summed E-state index contributed by atoms with van der Waals surface area (Å²) in [5.41, 5.74) is 7.19. The maximum absolute atomic E-state index is 13.0. The van der Waals surface area contributed by atoms with Crippen LogP contribution in [0.3, 0.4) is 0 Å². The summed E-state index contributed by atoms with van der Waals surface area (Å²) < 4.78 is 19.1. The van der Waals surface area contributed by atoms with E-state index in [1.807, 2.05) is 24.3 Å². The first-order chi connectivity index (χ1) is 9.63. The summed E-state index contributed by atoms with van der Waals surface area (Å²) in [6.45, 7) is 0. The highest BCUT2D eigenvalue weighted by Gasteiger charge is 2.10. The Balaban J connectivity index is 2.03. The normalized spacial score (nSPS) is 10.7. The Morgan fingerprint density at radius 1 is 1.05 bits per heavy atom. The lowest BCUT2D eigenvalue weighted by Crippen LogP contribution is -1.99. The summed E-state index contributed by atoms with van der Waals surface area (Å²) in [6.07, 6.45) is 0. The lowest BCUT2D eigenvalue weighted by molar-refractivity contribution is 0.461. The van der Waals surface area contributed by atoms with E-state index in [0.717, 1.165) is 0 Å². The van der Waals surface area contributed by atoms with Gasteiger partial charge >= 0.3 is 0 Å². The molecule has 4 nitrogen and oxygen atoms in total. The number of ether oxygens (including phenoxy) is 1. The SMILES string of the molecule is Nc1nc2ccccc2nc1Oc1ccc(F)cc1Br. The number of nitrogens with zero attached hydrogens (tertiary/aromatic N) is 2. The van der Waals surface area contributed by atoms with E-state index in [4.69, 9.17) is 10.5 Å². The largest absolute Gasteiger partial charge is 0.435 e. The number of nitrogen functional groups attached to an aromatic ring is 1. The monoisotopic (exact) mass is 333 g/mol. The van der Waals surface area contributed by atoms with E-state index >= 15 is 0 Å². The Hall–Kier alpha value is -2.21. The molecule has 3 aromatic rings. The summed E-state index contributed by atoms with van der Waals surface area (Å²) >= 11 is 3.22. The van der Waals surface area contributed by atoms with Gasteiger partial charge in [0, 0.05) is 0 Å². The average molecular weight is 334 g/mol. The molecule has 0 aliphatic rings. The molecule has 0 unspecified atom stereocenters. The molecule has 1 aromatic heterocycles. The average Bonchev–Trinajstić information content (AvgIpc) is 2.42. The molecule has 6 heteroatoms. The minimum absolute atomic E-state index is 0.180. The van der Waals surface area contributed by atoms with Crippen molar-refractivity contribution in [1.82, 2.24) is 9.97 Å². The van der Waals surface area contributed by atoms with Crippen molar-refractivity contribution < 1.29 is 9.13 Å². The fourth-order valence-electron chi connectivity index (χ4n) is 1.73. The maximum Gasteiger partial charge on any atom is 0.263 e. The van der Waals surface area contributed by atoms with Crippen LogP contribution in [0.4, 0.5) is 10.2 Å². The number of rotatable bonds is 2. The Bertz CT molecular complexity index is 794. The molecule has 20 heavy (non-hydrogen) atoms. The zero-order chi connectivity index (χ0) is 14.1. The van der Waals surface area contributed by atoms with Gasteiger partial charge in [0.05, 0.1) is 15.5 Å². The lowest BCUT2D eigenvalue weighted by Gasteiger charge is -2.09. The second kappa shape index (κ2) is 5.05. The Morgan fingerprint density at radius 2 is 1.75 bits per heavy atom. The topological polar surface area (TPSA) is 61.0 Å². The first-order valence-corrected chi connectivity index (χ1v) is 6.58. The van der Waals surface area contributed by atoms with Crippen molar-refractivity contribution in [3.8, 4) is 11.6 Å². The minimum Gasteiger partial charge on any atom is -0.435 e. The summed E-state index contributed by atoms with van der Waals surface area (Å²) in [5, 5.41) is 0. The summed E-state index contributed by atoms with van der Waals surface area (Å²) in [7, 11) is 0. The molecule has 0 saturated heterocycles. The molecule has 0 bridgehead atoms. The number of halogens is 2. The quantitative estimate of drug-likeness (QED) is 0.772. The minimum atomic E-state index is -0.359. The van der Waals surface area contributed by atoms with Crippen LogP contribution < -0.4 is 10.5 Å². The number of para-hydroxylation sites is 2. The van der Waals surface area contributed by atoms with Crippen LogP contribution in [-0.2, 0) is 0 Å². The molecule has 0 aliphatic heterocycles. The number of aromatic nitrogens is 2. The Labute approximate surface area is 122 Å². The van der Waals surface area contributed by atoms with Crippen LogP contribution in [0.1, 0.15) is 0 Å². The molecular weight excluding hydrogens is 325 g/mol. The lowest BCUT2D eigenvalue weighted by atomic mass is 10.3. The third kappa shape index (κ3) is 2.42. The molecule has 2 N–H and O–H groups in total. The summed E-state index contributed by atoms with van der Waals surface area (Å²) in [6, 6.07) is 11.4. The van der Waals surface area contributed by atoms with Gasteiger partial charge in [0.1, 0.15) is 11.6 Å². The molecule has 100 valence electrons. The first kappa shape index (κ1) is 12.8. The van der Waals surface area contributed by atoms with Crippen molar-refractivity contribution in [2.24, 2.45) is 0 Å². The molecule has 0 radical (unpaired) electrons. The van der Waals surface area contributed by atoms with Crippen molar-refractivity contribution in [3.05, 3.63) is 52.8 Å². The predicted octanol–water partition coefficient (Wildman–Crippen LogP) is 3.91. The zero-order valence-electron chi connectivity index (χ0n) is 10.2. The number of anilines is 1. The van der Waals surface area contributed by atoms with Crippen LogP contribution in [0, 0.1) is 5.82 Å². The third-order valence-corrected chi connectivity index (χ3v) is 3.28. The molecule has 1 heterocycles. The Kier molecular flexibility index (Phi) is 3.23. The standard InChI is InChI=1S/C14H9BrFN3O/c15-9-7-8(16)5-6-12(9)20-14-13(17)18-10-3-1-2-4-11(10)19-14/h1-7H,(H2,17,18). The molecule has 3 rings (SSSR count). The van der Waals surface area contributed by atoms with Crippen LogP contribution in [-0.4, -0.2) is 9.97 Å². The highest BCUT2D eigenvalue weighted by atomic mass is 79.9. The van der Waals surface area contributed by atoms with Crippen LogP contribution in [0.25, 0.3) is 11.0 Å². The van der Waals surface area contributed by atoms with Gasteiger partial charge in [0.15, 0.2) is 5.82 Å². The number of hydrogen-bond donors (Lipinski definition) is 1. The molecular formula is C14H9BrFN3O. The predicted molar refractivity (Wildman–Crippen MR) is 78.1 cm³/mol. The number of hydrogen-bond acceptors (Lipinski definition) is 4. The van der Waals surface area contributed by atoms with Gasteiger partial charge < -0.3 is 10.5 Å². The van der Waals surface area contributed by atoms with Gasteiger partial charge in [0.2, 0.25) is 0 Å². The molecule has 0 atom stereocenters. The summed E-state index contributed by atoms with van der Waals surface area (Å²) in [5.74, 6) is 0.431. The number of fused-ring (bicyclic) bond motifs is 1. The van der Waals surface area contributed by atoms with Gasteiger partial charge in [-0.3, -0.25) is 0 Å². The van der Waals surface area contributed by atoms with Gasteiger partial charge in [-0.05, 0) is 46.3 Å². The van der Waals surface area contributed by atoms with Gasteiger partial charge in [-0.2, -0.15) is 0 Å². The highest BCUT2D eigenvalue weighted by Crippen LogP contribution is 2.32. The van der Waals surface area contributed by atoms with E-state index in [1.54, 1.807) is 0 Å². The van der Waals surface area contributed by atoms with Crippen molar-refractivity contribution in [2.45, 2.75) is 0 Å². The summed E-state index contributed by atoms with van der Waals surface area (Å²) in [4.78, 5) is 8.53. The van der Waals surface area contributed by atoms with Crippen molar-refractivity contribution >= 4 is 32.8 Å². The van der Waals surface area contributed by atoms with Gasteiger partial charge in [0.25, 0.3) is 5.88 Å². The fourth-order valence-corrected chi connectivity index (χ4v) is 2.17. The highest BCUT2D eigenvalue weighted by molar-refractivity contribution is 9.10. The second-order valence-electron chi connectivity index (χ2n) is 4.08. The van der Waals surface area contributed by atoms with E-state index in [-0.39, 0.29) is 17.5 Å². The van der Waals surface area contributed by atoms with Gasteiger partial charge in [-0.1, -0.05) is 12.1 Å². The van der Waals surface area contributed by atoms with Crippen LogP contribution in [0.2, 0.25) is 0 Å². The van der Waals surface area contributed by atoms with E-state index in [1.165, 1.54) is 18.2 Å². The molecule has 2 aromatic carbocycles. The zero-order valence-corrected chi connectivity index (χ0v) is 11.8. The molecule has 0 saturated carbocycles. The fraction of sp³-hybridized carbons (Fsp3) is 0. The van der Waals surface area contributed by atoms with Crippen molar-refractivity contribution in [3.63, 3.8) is 0 Å². The number of nitrogens with two attached hydrogens (primary N) is 1. The maximum atomic E-state index is 13.0. The van der Waals surface area contributed by atoms with Crippen molar-refractivity contribution in [2.75, 3.05) is 5.73 Å². The van der Waals surface area contributed by atoms with Crippen molar-refractivity contribution in [1.29, 1.82) is 0 Å². The molecule has 0 amide bonds. The van der Waals surface area contributed by atoms with Crippen LogP contribution >= 0.6 is 15.9 Å². The molecule has 0 aliphatic carbocycles.